The topological polar surface area (TPSA) is 53.0 Å². The molecule has 0 unspecified atom stereocenters. The van der Waals surface area contributed by atoms with Crippen LogP contribution in [0.1, 0.15) is 62.0 Å². The SMILES string of the molecule is O=C(O)N1CC2(CC[C@@H](N3CCC(c4ccccc4C=C4CCOCC4)CC3)C2)C1. The van der Waals surface area contributed by atoms with Crippen molar-refractivity contribution in [3.05, 3.63) is 41.0 Å². The van der Waals surface area contributed by atoms with Crippen LogP contribution in [0.5, 0.6) is 0 Å². The number of piperidine rings is 1. The quantitative estimate of drug-likeness (QED) is 0.792. The summed E-state index contributed by atoms with van der Waals surface area (Å²) in [6, 6.07) is 9.64. The number of nitrogens with zero attached hydrogens (tertiary/aromatic N) is 2. The van der Waals surface area contributed by atoms with Crippen LogP contribution in [0.15, 0.2) is 29.8 Å². The molecule has 0 radical (unpaired) electrons. The molecule has 0 aromatic heterocycles. The molecule has 3 aliphatic heterocycles. The smallest absolute Gasteiger partial charge is 0.407 e. The van der Waals surface area contributed by atoms with Crippen LogP contribution >= 0.6 is 0 Å². The van der Waals surface area contributed by atoms with Crippen molar-refractivity contribution in [2.24, 2.45) is 5.41 Å². The highest BCUT2D eigenvalue weighted by molar-refractivity contribution is 5.66. The van der Waals surface area contributed by atoms with Gasteiger partial charge in [0.25, 0.3) is 0 Å². The Bertz CT molecular complexity index is 798. The van der Waals surface area contributed by atoms with Crippen molar-refractivity contribution >= 4 is 12.2 Å². The Morgan fingerprint density at radius 1 is 1.10 bits per heavy atom. The third-order valence-corrected chi connectivity index (χ3v) is 7.98. The molecule has 5 nitrogen and oxygen atoms in total. The van der Waals surface area contributed by atoms with Crippen LogP contribution in [0, 0.1) is 5.41 Å². The molecule has 4 fully saturated rings. The minimum atomic E-state index is -0.751. The first-order chi connectivity index (χ1) is 14.6. The van der Waals surface area contributed by atoms with Crippen molar-refractivity contribution in [1.82, 2.24) is 9.80 Å². The Hall–Kier alpha value is -1.85. The number of amides is 1. The molecule has 5 rings (SSSR count). The van der Waals surface area contributed by atoms with E-state index in [0.717, 1.165) is 39.1 Å². The number of ether oxygens (including phenoxy) is 1. The summed E-state index contributed by atoms with van der Waals surface area (Å²) < 4.78 is 5.51. The minimum Gasteiger partial charge on any atom is -0.465 e. The van der Waals surface area contributed by atoms with E-state index >= 15 is 0 Å². The van der Waals surface area contributed by atoms with Crippen molar-refractivity contribution in [2.45, 2.75) is 56.9 Å². The number of benzene rings is 1. The Morgan fingerprint density at radius 2 is 1.83 bits per heavy atom. The summed E-state index contributed by atoms with van der Waals surface area (Å²) in [5, 5.41) is 9.16. The van der Waals surface area contributed by atoms with Gasteiger partial charge in [0.15, 0.2) is 0 Å². The molecule has 1 aromatic rings. The Balaban J connectivity index is 1.19. The fraction of sp³-hybridized carbons (Fsp3) is 0.640. The third-order valence-electron chi connectivity index (χ3n) is 7.98. The molecule has 0 bridgehead atoms. The fourth-order valence-corrected chi connectivity index (χ4v) is 6.26. The van der Waals surface area contributed by atoms with Gasteiger partial charge in [0.05, 0.1) is 13.2 Å². The van der Waals surface area contributed by atoms with Gasteiger partial charge in [-0.15, -0.1) is 0 Å². The zero-order valence-corrected chi connectivity index (χ0v) is 17.9. The second-order valence-electron chi connectivity index (χ2n) is 9.89. The maximum atomic E-state index is 11.1. The number of hydrogen-bond donors (Lipinski definition) is 1. The second-order valence-corrected chi connectivity index (χ2v) is 9.89. The van der Waals surface area contributed by atoms with Crippen LogP contribution in [0.2, 0.25) is 0 Å². The van der Waals surface area contributed by atoms with E-state index in [0.29, 0.717) is 12.0 Å². The summed E-state index contributed by atoms with van der Waals surface area (Å²) in [6.07, 6.45) is 9.89. The predicted octanol–water partition coefficient (Wildman–Crippen LogP) is 4.59. The summed E-state index contributed by atoms with van der Waals surface area (Å²) in [6.45, 7) is 5.57. The van der Waals surface area contributed by atoms with Gasteiger partial charge in [-0.2, -0.15) is 0 Å². The lowest BCUT2D eigenvalue weighted by molar-refractivity contribution is 0.00814. The van der Waals surface area contributed by atoms with Crippen LogP contribution < -0.4 is 0 Å². The molecule has 3 saturated heterocycles. The van der Waals surface area contributed by atoms with E-state index < -0.39 is 6.09 Å². The third kappa shape index (κ3) is 4.02. The van der Waals surface area contributed by atoms with E-state index in [9.17, 15) is 4.79 Å². The summed E-state index contributed by atoms with van der Waals surface area (Å²) in [4.78, 5) is 15.4. The summed E-state index contributed by atoms with van der Waals surface area (Å²) in [5.74, 6) is 0.649. The van der Waals surface area contributed by atoms with Gasteiger partial charge >= 0.3 is 6.09 Å². The minimum absolute atomic E-state index is 0.280. The monoisotopic (exact) mass is 410 g/mol. The van der Waals surface area contributed by atoms with Gasteiger partial charge in [-0.3, -0.25) is 0 Å². The average molecular weight is 411 g/mol. The number of likely N-dealkylation sites (tertiary alicyclic amines) is 2. The maximum Gasteiger partial charge on any atom is 0.407 e. The molecule has 30 heavy (non-hydrogen) atoms. The zero-order chi connectivity index (χ0) is 20.6. The first kappa shape index (κ1) is 20.1. The van der Waals surface area contributed by atoms with E-state index in [1.165, 1.54) is 61.9 Å². The zero-order valence-electron chi connectivity index (χ0n) is 17.9. The van der Waals surface area contributed by atoms with Crippen molar-refractivity contribution in [3.8, 4) is 0 Å². The standard InChI is InChI=1S/C25H34N2O3/c28-24(29)27-17-25(18-27)10-5-22(16-25)26-11-6-20(7-12-26)23-4-2-1-3-21(23)15-19-8-13-30-14-9-19/h1-4,15,20,22H,5-14,16-18H2,(H,28,29)/t22-/m1/s1. The molecule has 3 heterocycles. The summed E-state index contributed by atoms with van der Waals surface area (Å²) in [5.41, 5.74) is 4.74. The molecule has 1 spiro atoms. The average Bonchev–Trinajstić information content (AvgIpc) is 3.20. The van der Waals surface area contributed by atoms with Crippen molar-refractivity contribution < 1.29 is 14.6 Å². The lowest BCUT2D eigenvalue weighted by Crippen LogP contribution is -2.57. The maximum absolute atomic E-state index is 11.1. The molecule has 1 saturated carbocycles. The molecule has 1 N–H and O–H groups in total. The van der Waals surface area contributed by atoms with Gasteiger partial charge < -0.3 is 19.6 Å². The molecule has 162 valence electrons. The number of carbonyl (C=O) groups is 1. The van der Waals surface area contributed by atoms with Crippen molar-refractivity contribution in [2.75, 3.05) is 39.4 Å². The second kappa shape index (κ2) is 8.35. The molecule has 1 aliphatic carbocycles. The largest absolute Gasteiger partial charge is 0.465 e. The van der Waals surface area contributed by atoms with Gasteiger partial charge in [-0.05, 0) is 75.1 Å². The molecule has 4 aliphatic rings. The highest BCUT2D eigenvalue weighted by atomic mass is 16.5. The van der Waals surface area contributed by atoms with Gasteiger partial charge in [0, 0.05) is 24.5 Å². The van der Waals surface area contributed by atoms with E-state index in [1.54, 1.807) is 4.90 Å². The van der Waals surface area contributed by atoms with Crippen molar-refractivity contribution in [1.29, 1.82) is 0 Å². The van der Waals surface area contributed by atoms with Crippen LogP contribution in [0.25, 0.3) is 6.08 Å². The number of hydrogen-bond acceptors (Lipinski definition) is 3. The Morgan fingerprint density at radius 3 is 2.57 bits per heavy atom. The summed E-state index contributed by atoms with van der Waals surface area (Å²) >= 11 is 0. The predicted molar refractivity (Wildman–Crippen MR) is 118 cm³/mol. The number of carboxylic acid groups (broad SMARTS) is 1. The van der Waals surface area contributed by atoms with Crippen molar-refractivity contribution in [3.63, 3.8) is 0 Å². The first-order valence-corrected chi connectivity index (χ1v) is 11.7. The molecular formula is C25H34N2O3. The van der Waals surface area contributed by atoms with Crippen LogP contribution in [-0.2, 0) is 4.74 Å². The lowest BCUT2D eigenvalue weighted by atomic mass is 9.78. The van der Waals surface area contributed by atoms with Crippen LogP contribution in [0.3, 0.4) is 0 Å². The van der Waals surface area contributed by atoms with E-state index in [4.69, 9.17) is 9.84 Å². The van der Waals surface area contributed by atoms with E-state index in [2.05, 4.69) is 35.2 Å². The van der Waals surface area contributed by atoms with Gasteiger partial charge in [0.2, 0.25) is 0 Å². The normalized spacial score (nSPS) is 27.3. The first-order valence-electron chi connectivity index (χ1n) is 11.7. The number of rotatable bonds is 3. The highest BCUT2D eigenvalue weighted by Crippen LogP contribution is 2.48. The molecule has 1 aromatic carbocycles. The van der Waals surface area contributed by atoms with Crippen LogP contribution in [0.4, 0.5) is 4.79 Å². The van der Waals surface area contributed by atoms with E-state index in [-0.39, 0.29) is 5.41 Å². The lowest BCUT2D eigenvalue weighted by Gasteiger charge is -2.47. The van der Waals surface area contributed by atoms with E-state index in [1.807, 2.05) is 0 Å². The molecule has 5 heteroatoms. The van der Waals surface area contributed by atoms with Gasteiger partial charge in [0.1, 0.15) is 0 Å². The Kier molecular flexibility index (Phi) is 5.59. The Labute approximate surface area is 179 Å². The molecule has 1 atom stereocenters. The van der Waals surface area contributed by atoms with Gasteiger partial charge in [-0.1, -0.05) is 35.9 Å². The highest BCUT2D eigenvalue weighted by Gasteiger charge is 2.50. The fourth-order valence-electron chi connectivity index (χ4n) is 6.26. The van der Waals surface area contributed by atoms with Gasteiger partial charge in [-0.25, -0.2) is 4.79 Å². The molecule has 1 amide bonds. The summed E-state index contributed by atoms with van der Waals surface area (Å²) in [7, 11) is 0. The van der Waals surface area contributed by atoms with Crippen LogP contribution in [-0.4, -0.2) is 66.4 Å². The molecular weight excluding hydrogens is 376 g/mol.